The highest BCUT2D eigenvalue weighted by Gasteiger charge is 2.34. The van der Waals surface area contributed by atoms with Crippen LogP contribution in [0.3, 0.4) is 0 Å². The van der Waals surface area contributed by atoms with Gasteiger partial charge in [-0.3, -0.25) is 9.59 Å². The van der Waals surface area contributed by atoms with Crippen LogP contribution in [0.2, 0.25) is 0 Å². The van der Waals surface area contributed by atoms with Crippen LogP contribution in [-0.2, 0) is 22.3 Å². The second-order valence-electron chi connectivity index (χ2n) is 5.91. The molecule has 0 aromatic heterocycles. The average molecular weight is 344 g/mol. The molecule has 1 fully saturated rings. The number of amides is 2. The molecule has 1 aliphatic carbocycles. The standard InChI is InChI=1S/C16H19F3N2O3/c1-9(22)13(21-14(23)11-4-5-11)15(24)20-8-10-2-6-12(7-3-10)16(17,18)19/h2-3,6-7,9,11,13,22H,4-5,8H2,1H3,(H,20,24)(H,21,23). The molecule has 0 spiro atoms. The van der Waals surface area contributed by atoms with Crippen molar-refractivity contribution in [2.45, 2.75) is 44.6 Å². The third-order valence-electron chi connectivity index (χ3n) is 3.76. The molecule has 2 rings (SSSR count). The largest absolute Gasteiger partial charge is 0.416 e. The lowest BCUT2D eigenvalue weighted by Gasteiger charge is -2.21. The first-order valence-electron chi connectivity index (χ1n) is 7.61. The zero-order chi connectivity index (χ0) is 17.9. The molecule has 0 bridgehead atoms. The molecule has 3 N–H and O–H groups in total. The molecule has 2 atom stereocenters. The Hall–Kier alpha value is -2.09. The Morgan fingerprint density at radius 1 is 1.25 bits per heavy atom. The maximum atomic E-state index is 12.5. The Morgan fingerprint density at radius 2 is 1.83 bits per heavy atom. The number of halogens is 3. The summed E-state index contributed by atoms with van der Waals surface area (Å²) in [4.78, 5) is 23.8. The Labute approximate surface area is 137 Å². The third kappa shape index (κ3) is 4.95. The minimum atomic E-state index is -4.41. The van der Waals surface area contributed by atoms with Crippen molar-refractivity contribution in [3.05, 3.63) is 35.4 Å². The van der Waals surface area contributed by atoms with Crippen molar-refractivity contribution in [2.75, 3.05) is 0 Å². The van der Waals surface area contributed by atoms with Crippen LogP contribution in [0.15, 0.2) is 24.3 Å². The van der Waals surface area contributed by atoms with E-state index in [1.165, 1.54) is 19.1 Å². The maximum absolute atomic E-state index is 12.5. The molecule has 1 aromatic carbocycles. The van der Waals surface area contributed by atoms with E-state index in [2.05, 4.69) is 10.6 Å². The Balaban J connectivity index is 1.91. The molecule has 2 amide bonds. The highest BCUT2D eigenvalue weighted by molar-refractivity contribution is 5.89. The lowest BCUT2D eigenvalue weighted by Crippen LogP contribution is -2.52. The van der Waals surface area contributed by atoms with Gasteiger partial charge in [-0.15, -0.1) is 0 Å². The van der Waals surface area contributed by atoms with Crippen LogP contribution in [-0.4, -0.2) is 29.1 Å². The molecule has 0 saturated heterocycles. The summed E-state index contributed by atoms with van der Waals surface area (Å²) in [7, 11) is 0. The quantitative estimate of drug-likeness (QED) is 0.733. The topological polar surface area (TPSA) is 78.4 Å². The molecule has 1 aromatic rings. The highest BCUT2D eigenvalue weighted by Crippen LogP contribution is 2.29. The summed E-state index contributed by atoms with van der Waals surface area (Å²) in [5.74, 6) is -0.960. The van der Waals surface area contributed by atoms with E-state index in [9.17, 15) is 27.9 Å². The molecule has 2 unspecified atom stereocenters. The first-order chi connectivity index (χ1) is 11.2. The molecule has 0 heterocycles. The molecule has 8 heteroatoms. The van der Waals surface area contributed by atoms with Gasteiger partial charge in [0, 0.05) is 12.5 Å². The van der Waals surface area contributed by atoms with Crippen molar-refractivity contribution in [3.8, 4) is 0 Å². The summed E-state index contributed by atoms with van der Waals surface area (Å²) >= 11 is 0. The van der Waals surface area contributed by atoms with E-state index in [1.807, 2.05) is 0 Å². The number of rotatable bonds is 6. The Morgan fingerprint density at radius 3 is 2.29 bits per heavy atom. The van der Waals surface area contributed by atoms with Gasteiger partial charge in [0.15, 0.2) is 0 Å². The van der Waals surface area contributed by atoms with Gasteiger partial charge in [0.05, 0.1) is 11.7 Å². The zero-order valence-electron chi connectivity index (χ0n) is 13.1. The van der Waals surface area contributed by atoms with Crippen LogP contribution >= 0.6 is 0 Å². The lowest BCUT2D eigenvalue weighted by atomic mass is 10.1. The van der Waals surface area contributed by atoms with Gasteiger partial charge < -0.3 is 15.7 Å². The minimum Gasteiger partial charge on any atom is -0.391 e. The van der Waals surface area contributed by atoms with Crippen molar-refractivity contribution in [1.29, 1.82) is 0 Å². The molecule has 5 nitrogen and oxygen atoms in total. The van der Waals surface area contributed by atoms with Crippen molar-refractivity contribution >= 4 is 11.8 Å². The second-order valence-corrected chi connectivity index (χ2v) is 5.91. The molecular formula is C16H19F3N2O3. The van der Waals surface area contributed by atoms with Crippen LogP contribution < -0.4 is 10.6 Å². The molecule has 132 valence electrons. The summed E-state index contributed by atoms with van der Waals surface area (Å²) in [6.07, 6.45) is -3.95. The number of aliphatic hydroxyl groups is 1. The van der Waals surface area contributed by atoms with Gasteiger partial charge in [0.25, 0.3) is 0 Å². The fourth-order valence-corrected chi connectivity index (χ4v) is 2.13. The van der Waals surface area contributed by atoms with Crippen molar-refractivity contribution < 1.29 is 27.9 Å². The van der Waals surface area contributed by atoms with E-state index in [-0.39, 0.29) is 18.4 Å². The van der Waals surface area contributed by atoms with Crippen LogP contribution in [0, 0.1) is 5.92 Å². The van der Waals surface area contributed by atoms with Gasteiger partial charge in [0.2, 0.25) is 11.8 Å². The molecule has 1 aliphatic rings. The zero-order valence-corrected chi connectivity index (χ0v) is 13.1. The summed E-state index contributed by atoms with van der Waals surface area (Å²) in [6, 6.07) is 3.31. The highest BCUT2D eigenvalue weighted by atomic mass is 19.4. The van der Waals surface area contributed by atoms with E-state index in [0.29, 0.717) is 5.56 Å². The van der Waals surface area contributed by atoms with E-state index >= 15 is 0 Å². The van der Waals surface area contributed by atoms with Gasteiger partial charge >= 0.3 is 6.18 Å². The molecule has 0 radical (unpaired) electrons. The molecule has 1 saturated carbocycles. The summed E-state index contributed by atoms with van der Waals surface area (Å²) < 4.78 is 37.4. The second kappa shape index (κ2) is 7.21. The number of hydrogen-bond acceptors (Lipinski definition) is 3. The lowest BCUT2D eigenvalue weighted by molar-refractivity contribution is -0.137. The normalized spacial score (nSPS) is 17.0. The van der Waals surface area contributed by atoms with Gasteiger partial charge in [0.1, 0.15) is 6.04 Å². The molecular weight excluding hydrogens is 325 g/mol. The van der Waals surface area contributed by atoms with E-state index in [0.717, 1.165) is 25.0 Å². The number of alkyl halides is 3. The van der Waals surface area contributed by atoms with Gasteiger partial charge in [-0.1, -0.05) is 12.1 Å². The van der Waals surface area contributed by atoms with Gasteiger partial charge in [-0.2, -0.15) is 13.2 Å². The number of hydrogen-bond donors (Lipinski definition) is 3. The fourth-order valence-electron chi connectivity index (χ4n) is 2.13. The van der Waals surface area contributed by atoms with Gasteiger partial charge in [-0.25, -0.2) is 0 Å². The molecule has 24 heavy (non-hydrogen) atoms. The first-order valence-corrected chi connectivity index (χ1v) is 7.61. The van der Waals surface area contributed by atoms with Crippen molar-refractivity contribution in [3.63, 3.8) is 0 Å². The minimum absolute atomic E-state index is 0.000506. The van der Waals surface area contributed by atoms with E-state index < -0.39 is 29.8 Å². The van der Waals surface area contributed by atoms with Crippen LogP contribution in [0.1, 0.15) is 30.9 Å². The number of carbonyl (C=O) groups is 2. The van der Waals surface area contributed by atoms with E-state index in [4.69, 9.17) is 0 Å². The SMILES string of the molecule is CC(O)C(NC(=O)C1CC1)C(=O)NCc1ccc(C(F)(F)F)cc1. The van der Waals surface area contributed by atoms with Crippen LogP contribution in [0.4, 0.5) is 13.2 Å². The van der Waals surface area contributed by atoms with Crippen molar-refractivity contribution in [1.82, 2.24) is 10.6 Å². The third-order valence-corrected chi connectivity index (χ3v) is 3.76. The fraction of sp³-hybridized carbons (Fsp3) is 0.500. The van der Waals surface area contributed by atoms with Gasteiger partial charge in [-0.05, 0) is 37.5 Å². The summed E-state index contributed by atoms with van der Waals surface area (Å²) in [6.45, 7) is 1.38. The van der Waals surface area contributed by atoms with Crippen LogP contribution in [0.5, 0.6) is 0 Å². The average Bonchev–Trinajstić information content (AvgIpc) is 3.34. The summed E-state index contributed by atoms with van der Waals surface area (Å²) in [5.41, 5.74) is -0.287. The summed E-state index contributed by atoms with van der Waals surface area (Å²) in [5, 5.41) is 14.7. The number of nitrogens with one attached hydrogen (secondary N) is 2. The van der Waals surface area contributed by atoms with E-state index in [1.54, 1.807) is 0 Å². The van der Waals surface area contributed by atoms with Crippen LogP contribution in [0.25, 0.3) is 0 Å². The number of carbonyl (C=O) groups excluding carboxylic acids is 2. The smallest absolute Gasteiger partial charge is 0.391 e. The number of benzene rings is 1. The molecule has 0 aliphatic heterocycles. The predicted octanol–water partition coefficient (Wildman–Crippen LogP) is 1.60. The maximum Gasteiger partial charge on any atom is 0.416 e. The Kier molecular flexibility index (Phi) is 5.48. The van der Waals surface area contributed by atoms with Crippen molar-refractivity contribution in [2.24, 2.45) is 5.92 Å². The monoisotopic (exact) mass is 344 g/mol. The Bertz CT molecular complexity index is 596. The predicted molar refractivity (Wildman–Crippen MR) is 79.6 cm³/mol. The number of aliphatic hydroxyl groups excluding tert-OH is 1. The first kappa shape index (κ1) is 18.3.